The number of nitrogens with zero attached hydrogens (tertiary/aromatic N) is 3. The number of amides is 3. The lowest BCUT2D eigenvalue weighted by Gasteiger charge is -2.18. The Labute approximate surface area is 204 Å². The van der Waals surface area contributed by atoms with Gasteiger partial charge in [-0.2, -0.15) is 5.10 Å². The van der Waals surface area contributed by atoms with Crippen LogP contribution in [0.25, 0.3) is 11.3 Å². The number of carboxylic acids is 1. The summed E-state index contributed by atoms with van der Waals surface area (Å²) in [6, 6.07) is 11.8. The lowest BCUT2D eigenvalue weighted by molar-refractivity contribution is -0.141. The second kappa shape index (κ2) is 9.94. The Morgan fingerprint density at radius 2 is 1.74 bits per heavy atom. The number of hydrogen-bond donors (Lipinski definition) is 4. The Balaban J connectivity index is 1.56. The van der Waals surface area contributed by atoms with Crippen molar-refractivity contribution in [2.75, 3.05) is 17.2 Å². The molecule has 1 fully saturated rings. The first-order valence-electron chi connectivity index (χ1n) is 10.6. The molecule has 4 rings (SSSR count). The molecule has 4 N–H and O–H groups in total. The monoisotopic (exact) mass is 499 g/mol. The largest absolute Gasteiger partial charge is 0.488 e. The van der Waals surface area contributed by atoms with Crippen LogP contribution in [0.15, 0.2) is 54.7 Å². The first-order valence-corrected chi connectivity index (χ1v) is 10.9. The number of carbonyl (C=O) groups is 3. The summed E-state index contributed by atoms with van der Waals surface area (Å²) in [4.78, 5) is 36.3. The number of likely N-dealkylation sites (tertiary alicyclic amines) is 1. The van der Waals surface area contributed by atoms with Gasteiger partial charge in [0, 0.05) is 41.6 Å². The van der Waals surface area contributed by atoms with Gasteiger partial charge >= 0.3 is 18.1 Å². The van der Waals surface area contributed by atoms with Crippen LogP contribution >= 0.6 is 11.6 Å². The van der Waals surface area contributed by atoms with E-state index >= 15 is 0 Å². The standard InChI is InChI=1S/C23H22ClN5O6/c1-28-18(8-9-25-28)17-10-15(27-22(32)26-14-4-2-13(24)3-5-14)6-7-20(17)35-16-11-19(21(30)31)29(12-16)23(33)34/h2-10,16,19H,11-12H2,1H3,(H,30,31)(H,33,34)(H2,26,27,32)/t16-,19-/m1/s1. The van der Waals surface area contributed by atoms with E-state index in [2.05, 4.69) is 15.7 Å². The highest BCUT2D eigenvalue weighted by Crippen LogP contribution is 2.35. The van der Waals surface area contributed by atoms with Gasteiger partial charge in [0.1, 0.15) is 17.9 Å². The molecular formula is C23H22ClN5O6. The van der Waals surface area contributed by atoms with E-state index in [1.165, 1.54) is 0 Å². The molecule has 35 heavy (non-hydrogen) atoms. The van der Waals surface area contributed by atoms with Crippen molar-refractivity contribution in [3.05, 3.63) is 59.8 Å². The maximum Gasteiger partial charge on any atom is 0.408 e. The van der Waals surface area contributed by atoms with E-state index in [4.69, 9.17) is 16.3 Å². The number of hydrogen-bond acceptors (Lipinski definition) is 5. The SMILES string of the molecule is Cn1nccc1-c1cc(NC(=O)Nc2ccc(Cl)cc2)ccc1O[C@@H]1C[C@H](C(=O)O)N(C(=O)O)C1. The molecule has 0 unspecified atom stereocenters. The topological polar surface area (TPSA) is 146 Å². The molecule has 2 heterocycles. The van der Waals surface area contributed by atoms with Gasteiger partial charge in [-0.15, -0.1) is 0 Å². The van der Waals surface area contributed by atoms with E-state index in [-0.39, 0.29) is 13.0 Å². The fourth-order valence-corrected chi connectivity index (χ4v) is 4.01. The van der Waals surface area contributed by atoms with E-state index in [1.807, 2.05) is 0 Å². The number of benzene rings is 2. The first kappa shape index (κ1) is 23.9. The van der Waals surface area contributed by atoms with Crippen molar-refractivity contribution in [2.45, 2.75) is 18.6 Å². The Kier molecular flexibility index (Phi) is 6.78. The maximum absolute atomic E-state index is 12.5. The van der Waals surface area contributed by atoms with E-state index in [9.17, 15) is 24.6 Å². The number of rotatable bonds is 6. The fraction of sp³-hybridized carbons (Fsp3) is 0.217. The zero-order valence-corrected chi connectivity index (χ0v) is 19.3. The zero-order valence-electron chi connectivity index (χ0n) is 18.5. The second-order valence-corrected chi connectivity index (χ2v) is 8.34. The lowest BCUT2D eigenvalue weighted by atomic mass is 10.1. The molecule has 11 nitrogen and oxygen atoms in total. The number of carboxylic acid groups (broad SMARTS) is 2. The normalized spacial score (nSPS) is 17.1. The molecule has 0 radical (unpaired) electrons. The third-order valence-electron chi connectivity index (χ3n) is 5.52. The number of urea groups is 1. The first-order chi connectivity index (χ1) is 16.7. The van der Waals surface area contributed by atoms with Gasteiger partial charge in [-0.1, -0.05) is 11.6 Å². The van der Waals surface area contributed by atoms with Crippen molar-refractivity contribution in [2.24, 2.45) is 7.05 Å². The molecule has 0 spiro atoms. The third kappa shape index (κ3) is 5.46. The van der Waals surface area contributed by atoms with Gasteiger partial charge in [0.15, 0.2) is 0 Å². The molecular weight excluding hydrogens is 478 g/mol. The van der Waals surface area contributed by atoms with Gasteiger partial charge in [0.2, 0.25) is 0 Å². The highest BCUT2D eigenvalue weighted by molar-refractivity contribution is 6.30. The molecule has 3 aromatic rings. The molecule has 2 aromatic carbocycles. The summed E-state index contributed by atoms with van der Waals surface area (Å²) in [6.07, 6.45) is -0.363. The van der Waals surface area contributed by atoms with Crippen LogP contribution in [0.3, 0.4) is 0 Å². The average molecular weight is 500 g/mol. The van der Waals surface area contributed by atoms with Crippen LogP contribution in [0.2, 0.25) is 5.02 Å². The van der Waals surface area contributed by atoms with Gasteiger partial charge in [0.05, 0.1) is 12.2 Å². The Morgan fingerprint density at radius 3 is 2.34 bits per heavy atom. The molecule has 0 bridgehead atoms. The third-order valence-corrected chi connectivity index (χ3v) is 5.78. The van der Waals surface area contributed by atoms with Crippen LogP contribution in [-0.2, 0) is 11.8 Å². The highest BCUT2D eigenvalue weighted by atomic mass is 35.5. The summed E-state index contributed by atoms with van der Waals surface area (Å²) in [7, 11) is 1.74. The molecule has 2 atom stereocenters. The van der Waals surface area contributed by atoms with Gasteiger partial charge in [-0.3, -0.25) is 9.58 Å². The minimum atomic E-state index is -1.32. The van der Waals surface area contributed by atoms with Crippen molar-refractivity contribution in [1.29, 1.82) is 0 Å². The van der Waals surface area contributed by atoms with Crippen molar-refractivity contribution in [3.8, 4) is 17.0 Å². The van der Waals surface area contributed by atoms with E-state index in [0.29, 0.717) is 33.4 Å². The van der Waals surface area contributed by atoms with Crippen molar-refractivity contribution >= 4 is 41.1 Å². The van der Waals surface area contributed by atoms with Crippen molar-refractivity contribution < 1.29 is 29.3 Å². The predicted molar refractivity (Wildman–Crippen MR) is 128 cm³/mol. The number of aromatic nitrogens is 2. The minimum absolute atomic E-state index is 0.00988. The summed E-state index contributed by atoms with van der Waals surface area (Å²) in [5.41, 5.74) is 2.32. The Morgan fingerprint density at radius 1 is 1.06 bits per heavy atom. The average Bonchev–Trinajstić information content (AvgIpc) is 3.43. The molecule has 0 aliphatic carbocycles. The minimum Gasteiger partial charge on any atom is -0.488 e. The van der Waals surface area contributed by atoms with Crippen LogP contribution in [0.4, 0.5) is 21.0 Å². The summed E-state index contributed by atoms with van der Waals surface area (Å²) >= 11 is 5.87. The quantitative estimate of drug-likeness (QED) is 0.401. The second-order valence-electron chi connectivity index (χ2n) is 7.90. The van der Waals surface area contributed by atoms with Crippen molar-refractivity contribution in [3.63, 3.8) is 0 Å². The number of aliphatic carboxylic acids is 1. The highest BCUT2D eigenvalue weighted by Gasteiger charge is 2.41. The van der Waals surface area contributed by atoms with E-state index in [0.717, 1.165) is 4.90 Å². The van der Waals surface area contributed by atoms with Crippen molar-refractivity contribution in [1.82, 2.24) is 14.7 Å². The summed E-state index contributed by atoms with van der Waals surface area (Å²) < 4.78 is 7.69. The molecule has 1 aliphatic heterocycles. The summed E-state index contributed by atoms with van der Waals surface area (Å²) in [6.45, 7) is -0.0827. The summed E-state index contributed by atoms with van der Waals surface area (Å²) in [5.74, 6) is -0.824. The predicted octanol–water partition coefficient (Wildman–Crippen LogP) is 3.97. The number of aryl methyl sites for hydroxylation is 1. The van der Waals surface area contributed by atoms with E-state index < -0.39 is 30.2 Å². The zero-order chi connectivity index (χ0) is 25.1. The van der Waals surface area contributed by atoms with E-state index in [1.54, 1.807) is 66.5 Å². The number of anilines is 2. The van der Waals surface area contributed by atoms with Crippen LogP contribution in [0.1, 0.15) is 6.42 Å². The molecule has 3 amide bonds. The number of ether oxygens (including phenoxy) is 1. The molecule has 0 saturated carbocycles. The lowest BCUT2D eigenvalue weighted by Crippen LogP contribution is -2.39. The Bertz CT molecular complexity index is 1240. The number of carbonyl (C=O) groups excluding carboxylic acids is 1. The molecule has 1 saturated heterocycles. The van der Waals surface area contributed by atoms with Gasteiger partial charge < -0.3 is 25.6 Å². The molecule has 12 heteroatoms. The van der Waals surface area contributed by atoms with Gasteiger partial charge in [0.25, 0.3) is 0 Å². The van der Waals surface area contributed by atoms with Crippen LogP contribution < -0.4 is 15.4 Å². The fourth-order valence-electron chi connectivity index (χ4n) is 3.88. The Hall–Kier alpha value is -4.25. The smallest absolute Gasteiger partial charge is 0.408 e. The maximum atomic E-state index is 12.5. The molecule has 1 aliphatic rings. The van der Waals surface area contributed by atoms with Gasteiger partial charge in [-0.25, -0.2) is 14.4 Å². The van der Waals surface area contributed by atoms with Gasteiger partial charge in [-0.05, 0) is 48.5 Å². The number of halogens is 1. The molecule has 182 valence electrons. The summed E-state index contributed by atoms with van der Waals surface area (Å²) in [5, 5.41) is 28.9. The number of nitrogens with one attached hydrogen (secondary N) is 2. The molecule has 1 aromatic heterocycles. The van der Waals surface area contributed by atoms with Crippen LogP contribution in [-0.4, -0.2) is 61.7 Å². The van der Waals surface area contributed by atoms with Crippen LogP contribution in [0, 0.1) is 0 Å². The van der Waals surface area contributed by atoms with Crippen LogP contribution in [0.5, 0.6) is 5.75 Å².